The van der Waals surface area contributed by atoms with Gasteiger partial charge in [-0.25, -0.2) is 8.42 Å². The number of alkyl halides is 6. The number of ether oxygens (including phenoxy) is 1. The molecule has 0 bridgehead atoms. The van der Waals surface area contributed by atoms with Gasteiger partial charge in [0, 0.05) is 30.5 Å². The van der Waals surface area contributed by atoms with Crippen LogP contribution in [0, 0.1) is 5.92 Å². The van der Waals surface area contributed by atoms with Crippen molar-refractivity contribution in [3.63, 3.8) is 0 Å². The Hall–Kier alpha value is -2.68. The first kappa shape index (κ1) is 27.9. The first-order valence-electron chi connectivity index (χ1n) is 11.4. The number of rotatable bonds is 5. The number of benzene rings is 2. The first-order chi connectivity index (χ1) is 18.0. The Morgan fingerprint density at radius 2 is 1.82 bits per heavy atom. The number of Topliss-reactive ketones (excluding diaryl/α,β-unsaturated/α-hetero) is 1. The maximum Gasteiger partial charge on any atom is 0.418 e. The molecule has 0 saturated carbocycles. The van der Waals surface area contributed by atoms with Crippen molar-refractivity contribution < 1.29 is 49.1 Å². The van der Waals surface area contributed by atoms with E-state index < -0.39 is 79.3 Å². The van der Waals surface area contributed by atoms with Crippen LogP contribution in [0.3, 0.4) is 0 Å². The van der Waals surface area contributed by atoms with Crippen LogP contribution in [0.15, 0.2) is 41.6 Å². The number of ketones is 1. The highest BCUT2D eigenvalue weighted by molar-refractivity contribution is 7.91. The van der Waals surface area contributed by atoms with Crippen molar-refractivity contribution in [1.82, 2.24) is 5.32 Å². The van der Waals surface area contributed by atoms with Gasteiger partial charge in [0.25, 0.3) is 0 Å². The predicted molar refractivity (Wildman–Crippen MR) is 126 cm³/mol. The molecule has 3 heterocycles. The largest absolute Gasteiger partial charge is 0.418 e. The van der Waals surface area contributed by atoms with Crippen LogP contribution in [-0.4, -0.2) is 51.2 Å². The van der Waals surface area contributed by atoms with Gasteiger partial charge in [0.1, 0.15) is 29.1 Å². The molecule has 5 rings (SSSR count). The molecule has 0 aliphatic carbocycles. The summed E-state index contributed by atoms with van der Waals surface area (Å²) in [6.45, 7) is 0.572. The maximum absolute atomic E-state index is 14.4. The molecule has 210 valence electrons. The minimum atomic E-state index is -5.09. The molecular formula is C24H19ClF6N2O5S. The lowest BCUT2D eigenvalue weighted by Gasteiger charge is -2.39. The molecule has 3 aliphatic rings. The van der Waals surface area contributed by atoms with E-state index in [9.17, 15) is 39.6 Å². The Labute approximate surface area is 223 Å². The van der Waals surface area contributed by atoms with Gasteiger partial charge in [-0.05, 0) is 23.3 Å². The van der Waals surface area contributed by atoms with E-state index in [-0.39, 0.29) is 24.2 Å². The van der Waals surface area contributed by atoms with Crippen molar-refractivity contribution >= 4 is 32.9 Å². The van der Waals surface area contributed by atoms with E-state index in [1.807, 2.05) is 0 Å². The number of oxime groups is 1. The molecule has 3 aliphatic heterocycles. The fraction of sp³-hybridized carbons (Fsp3) is 0.417. The highest BCUT2D eigenvalue weighted by atomic mass is 35.5. The number of carbonyl (C=O) groups is 1. The molecule has 0 amide bonds. The van der Waals surface area contributed by atoms with Crippen LogP contribution in [0.5, 0.6) is 0 Å². The number of sulfone groups is 1. The fourth-order valence-corrected chi connectivity index (χ4v) is 6.11. The van der Waals surface area contributed by atoms with Crippen molar-refractivity contribution in [3.05, 3.63) is 69.2 Å². The van der Waals surface area contributed by atoms with Gasteiger partial charge in [0.2, 0.25) is 0 Å². The van der Waals surface area contributed by atoms with Gasteiger partial charge in [0.15, 0.2) is 21.7 Å². The van der Waals surface area contributed by atoms with Crippen molar-refractivity contribution in [1.29, 1.82) is 0 Å². The molecule has 39 heavy (non-hydrogen) atoms. The highest BCUT2D eigenvalue weighted by Crippen LogP contribution is 2.51. The van der Waals surface area contributed by atoms with E-state index in [4.69, 9.17) is 21.2 Å². The maximum atomic E-state index is 14.4. The summed E-state index contributed by atoms with van der Waals surface area (Å²) in [6.07, 6.45) is -12.9. The topological polar surface area (TPSA) is 94.1 Å². The zero-order chi connectivity index (χ0) is 28.5. The van der Waals surface area contributed by atoms with Gasteiger partial charge in [0.05, 0.1) is 10.6 Å². The Balaban J connectivity index is 1.58. The highest BCUT2D eigenvalue weighted by Gasteiger charge is 2.56. The van der Waals surface area contributed by atoms with Crippen LogP contribution in [-0.2, 0) is 36.0 Å². The van der Waals surface area contributed by atoms with Crippen LogP contribution in [0.4, 0.5) is 26.3 Å². The van der Waals surface area contributed by atoms with Crippen molar-refractivity contribution in [2.75, 3.05) is 25.1 Å². The summed E-state index contributed by atoms with van der Waals surface area (Å²) in [5, 5.41) is 5.74. The molecule has 7 nitrogen and oxygen atoms in total. The molecule has 15 heteroatoms. The summed E-state index contributed by atoms with van der Waals surface area (Å²) in [4.78, 5) is 17.8. The minimum absolute atomic E-state index is 0.161. The zero-order valence-corrected chi connectivity index (χ0v) is 21.4. The Morgan fingerprint density at radius 1 is 1.13 bits per heavy atom. The SMILES string of the molecule is CS(=O)(=O)CC(=O)C1OC2(CNC2)c2ccc(C3=NOC(c4cccc(Cl)c4C(F)(F)F)C3C(F)(F)F)cc21. The molecule has 1 fully saturated rings. The average Bonchev–Trinajstić information content (AvgIpc) is 3.36. The minimum Gasteiger partial charge on any atom is -0.386 e. The summed E-state index contributed by atoms with van der Waals surface area (Å²) in [6, 6.07) is 6.80. The average molecular weight is 597 g/mol. The summed E-state index contributed by atoms with van der Waals surface area (Å²) in [5.74, 6) is -4.26. The lowest BCUT2D eigenvalue weighted by atomic mass is 9.82. The van der Waals surface area contributed by atoms with Crippen LogP contribution in [0.1, 0.15) is 40.0 Å². The van der Waals surface area contributed by atoms with Gasteiger partial charge in [-0.2, -0.15) is 26.3 Å². The van der Waals surface area contributed by atoms with Crippen molar-refractivity contribution in [2.45, 2.75) is 30.2 Å². The molecule has 2 aromatic carbocycles. The van der Waals surface area contributed by atoms with Crippen LogP contribution >= 0.6 is 11.6 Å². The number of carbonyl (C=O) groups excluding carboxylic acids is 1. The van der Waals surface area contributed by atoms with Crippen LogP contribution in [0.2, 0.25) is 5.02 Å². The summed E-state index contributed by atoms with van der Waals surface area (Å²) in [5.41, 5.74) is -3.48. The van der Waals surface area contributed by atoms with E-state index in [1.54, 1.807) is 0 Å². The number of nitrogens with zero attached hydrogens (tertiary/aromatic N) is 1. The number of nitrogens with one attached hydrogen (secondary N) is 1. The van der Waals surface area contributed by atoms with E-state index in [1.165, 1.54) is 18.2 Å². The van der Waals surface area contributed by atoms with Gasteiger partial charge in [-0.3, -0.25) is 4.79 Å². The van der Waals surface area contributed by atoms with E-state index in [0.717, 1.165) is 24.5 Å². The normalized spacial score (nSPS) is 24.2. The number of halogens is 7. The molecule has 2 aromatic rings. The van der Waals surface area contributed by atoms with Gasteiger partial charge >= 0.3 is 12.4 Å². The fourth-order valence-electron chi connectivity index (χ4n) is 5.15. The molecule has 1 spiro atoms. The van der Waals surface area contributed by atoms with Crippen LogP contribution in [0.25, 0.3) is 0 Å². The van der Waals surface area contributed by atoms with E-state index in [0.29, 0.717) is 5.56 Å². The number of hydrogen-bond acceptors (Lipinski definition) is 7. The Bertz CT molecular complexity index is 1490. The summed E-state index contributed by atoms with van der Waals surface area (Å²) in [7, 11) is -3.74. The van der Waals surface area contributed by atoms with Crippen LogP contribution < -0.4 is 5.32 Å². The third-order valence-electron chi connectivity index (χ3n) is 6.83. The quantitative estimate of drug-likeness (QED) is 0.511. The molecule has 3 unspecified atom stereocenters. The second kappa shape index (κ2) is 9.18. The smallest absolute Gasteiger partial charge is 0.386 e. The molecular weight excluding hydrogens is 578 g/mol. The second-order valence-electron chi connectivity index (χ2n) is 9.66. The molecule has 1 N–H and O–H groups in total. The van der Waals surface area contributed by atoms with Crippen molar-refractivity contribution in [2.24, 2.45) is 11.1 Å². The van der Waals surface area contributed by atoms with Gasteiger partial charge < -0.3 is 14.9 Å². The number of hydrogen-bond donors (Lipinski definition) is 1. The third-order valence-corrected chi connectivity index (χ3v) is 7.96. The first-order valence-corrected chi connectivity index (χ1v) is 13.9. The molecule has 3 atom stereocenters. The Kier molecular flexibility index (Phi) is 6.56. The van der Waals surface area contributed by atoms with Gasteiger partial charge in [-0.1, -0.05) is 41.0 Å². The molecule has 0 aromatic heterocycles. The van der Waals surface area contributed by atoms with Gasteiger partial charge in [-0.15, -0.1) is 0 Å². The van der Waals surface area contributed by atoms with E-state index >= 15 is 0 Å². The lowest BCUT2D eigenvalue weighted by Crippen LogP contribution is -2.57. The zero-order valence-electron chi connectivity index (χ0n) is 19.9. The summed E-state index contributed by atoms with van der Waals surface area (Å²) < 4.78 is 114. The van der Waals surface area contributed by atoms with E-state index in [2.05, 4.69) is 10.5 Å². The predicted octanol–water partition coefficient (Wildman–Crippen LogP) is 4.50. The van der Waals surface area contributed by atoms with Crippen molar-refractivity contribution in [3.8, 4) is 0 Å². The monoisotopic (exact) mass is 596 g/mol. The lowest BCUT2D eigenvalue weighted by molar-refractivity contribution is -0.180. The summed E-state index contributed by atoms with van der Waals surface area (Å²) >= 11 is 5.72. The third kappa shape index (κ3) is 4.92. The standard InChI is InChI=1S/C24H19ClF6N2O5S/c1-39(35,36)8-16(34)20-13-7-11(5-6-14(13)22(37-20)9-32-10-22)19-18(24(29,30)31)21(38-33-19)12-3-2-4-15(25)17(12)23(26,27)28/h2-7,18,20-21,32H,8-10H2,1H3. The molecule has 0 radical (unpaired) electrons. The Morgan fingerprint density at radius 3 is 2.38 bits per heavy atom. The number of fused-ring (bicyclic) bond motifs is 2. The molecule has 1 saturated heterocycles. The second-order valence-corrected chi connectivity index (χ2v) is 12.2.